The Bertz CT molecular complexity index is 88.9. The summed E-state index contributed by atoms with van der Waals surface area (Å²) in [5.41, 5.74) is 0. The van der Waals surface area contributed by atoms with E-state index in [2.05, 4.69) is 5.32 Å². The summed E-state index contributed by atoms with van der Waals surface area (Å²) in [5.74, 6) is 0.0347. The van der Waals surface area contributed by atoms with Gasteiger partial charge >= 0.3 is 0 Å². The molecule has 1 radical (unpaired) electrons. The number of carbonyl (C=O) groups is 1. The lowest BCUT2D eigenvalue weighted by Gasteiger charge is -2.05. The molecule has 1 N–H and O–H groups in total. The molecule has 2 heteroatoms. The Labute approximate surface area is 56.6 Å². The van der Waals surface area contributed by atoms with Crippen LogP contribution < -0.4 is 5.32 Å². The van der Waals surface area contributed by atoms with E-state index < -0.39 is 0 Å². The summed E-state index contributed by atoms with van der Waals surface area (Å²) in [6.45, 7) is 5.84. The molecule has 0 aliphatic rings. The molecular weight excluding hydrogens is 114 g/mol. The smallest absolute Gasteiger partial charge is 0.224 e. The maximum absolute atomic E-state index is 10.7. The SMILES string of the molecule is CC[CH]C(=O)NC(C)C. The lowest BCUT2D eigenvalue weighted by molar-refractivity contribution is -0.118. The molecule has 0 saturated carbocycles. The van der Waals surface area contributed by atoms with Crippen LogP contribution in [0.5, 0.6) is 0 Å². The molecule has 0 aromatic rings. The van der Waals surface area contributed by atoms with Gasteiger partial charge < -0.3 is 5.32 Å². The van der Waals surface area contributed by atoms with Gasteiger partial charge in [0.15, 0.2) is 0 Å². The van der Waals surface area contributed by atoms with Gasteiger partial charge in [-0.25, -0.2) is 0 Å². The third kappa shape index (κ3) is 5.34. The molecule has 0 spiro atoms. The van der Waals surface area contributed by atoms with E-state index in [4.69, 9.17) is 0 Å². The number of hydrogen-bond donors (Lipinski definition) is 1. The van der Waals surface area contributed by atoms with Crippen molar-refractivity contribution in [3.05, 3.63) is 6.42 Å². The highest BCUT2D eigenvalue weighted by Crippen LogP contribution is 1.85. The van der Waals surface area contributed by atoms with Gasteiger partial charge in [-0.05, 0) is 20.3 Å². The predicted octanol–water partition coefficient (Wildman–Crippen LogP) is 1.13. The number of hydrogen-bond acceptors (Lipinski definition) is 1. The van der Waals surface area contributed by atoms with Crippen molar-refractivity contribution in [3.8, 4) is 0 Å². The molecule has 0 aromatic carbocycles. The van der Waals surface area contributed by atoms with Crippen LogP contribution in [0.25, 0.3) is 0 Å². The Morgan fingerprint density at radius 1 is 1.67 bits per heavy atom. The average molecular weight is 128 g/mol. The third-order valence-electron chi connectivity index (χ3n) is 0.820. The summed E-state index contributed by atoms with van der Waals surface area (Å²) in [6, 6.07) is 0.250. The lowest BCUT2D eigenvalue weighted by atomic mass is 10.3. The van der Waals surface area contributed by atoms with Crippen molar-refractivity contribution in [2.24, 2.45) is 0 Å². The molecule has 0 rings (SSSR count). The molecule has 0 saturated heterocycles. The molecule has 0 aromatic heterocycles. The quantitative estimate of drug-likeness (QED) is 0.606. The Morgan fingerprint density at radius 3 is 2.56 bits per heavy atom. The summed E-state index contributed by atoms with van der Waals surface area (Å²) in [5, 5.41) is 2.75. The molecular formula is C7H14NO. The zero-order valence-electron chi connectivity index (χ0n) is 6.27. The number of amides is 1. The first kappa shape index (κ1) is 8.47. The van der Waals surface area contributed by atoms with Crippen molar-refractivity contribution in [3.63, 3.8) is 0 Å². The highest BCUT2D eigenvalue weighted by molar-refractivity contribution is 5.84. The zero-order valence-corrected chi connectivity index (χ0v) is 6.27. The number of carbonyl (C=O) groups excluding carboxylic acids is 1. The second-order valence-electron chi connectivity index (χ2n) is 2.28. The summed E-state index contributed by atoms with van der Waals surface area (Å²) in [6.07, 6.45) is 2.44. The van der Waals surface area contributed by atoms with Crippen molar-refractivity contribution in [2.75, 3.05) is 0 Å². The Morgan fingerprint density at radius 2 is 2.22 bits per heavy atom. The highest BCUT2D eigenvalue weighted by atomic mass is 16.1. The normalized spacial score (nSPS) is 9.78. The van der Waals surface area contributed by atoms with Gasteiger partial charge in [0, 0.05) is 12.5 Å². The summed E-state index contributed by atoms with van der Waals surface area (Å²) in [4.78, 5) is 10.7. The Kier molecular flexibility index (Phi) is 4.10. The molecule has 2 nitrogen and oxygen atoms in total. The second-order valence-corrected chi connectivity index (χ2v) is 2.28. The predicted molar refractivity (Wildman–Crippen MR) is 37.9 cm³/mol. The van der Waals surface area contributed by atoms with Crippen LogP contribution in [0.3, 0.4) is 0 Å². The van der Waals surface area contributed by atoms with E-state index in [9.17, 15) is 4.79 Å². The summed E-state index contributed by atoms with van der Waals surface area (Å²) >= 11 is 0. The minimum Gasteiger partial charge on any atom is -0.354 e. The third-order valence-corrected chi connectivity index (χ3v) is 0.820. The zero-order chi connectivity index (χ0) is 7.28. The van der Waals surface area contributed by atoms with Gasteiger partial charge in [-0.3, -0.25) is 4.79 Å². The van der Waals surface area contributed by atoms with Crippen LogP contribution in [0.15, 0.2) is 0 Å². The van der Waals surface area contributed by atoms with Gasteiger partial charge in [-0.2, -0.15) is 0 Å². The highest BCUT2D eigenvalue weighted by Gasteiger charge is 1.99. The van der Waals surface area contributed by atoms with Crippen molar-refractivity contribution >= 4 is 5.91 Å². The van der Waals surface area contributed by atoms with Gasteiger partial charge in [-0.15, -0.1) is 0 Å². The topological polar surface area (TPSA) is 29.1 Å². The van der Waals surface area contributed by atoms with Gasteiger partial charge in [0.2, 0.25) is 5.91 Å². The fourth-order valence-electron chi connectivity index (χ4n) is 0.529. The van der Waals surface area contributed by atoms with E-state index >= 15 is 0 Å². The minimum absolute atomic E-state index is 0.0347. The monoisotopic (exact) mass is 128 g/mol. The van der Waals surface area contributed by atoms with Crippen molar-refractivity contribution in [2.45, 2.75) is 33.2 Å². The van der Waals surface area contributed by atoms with E-state index in [1.807, 2.05) is 20.8 Å². The first-order valence-corrected chi connectivity index (χ1v) is 3.30. The van der Waals surface area contributed by atoms with Crippen LogP contribution >= 0.6 is 0 Å². The van der Waals surface area contributed by atoms with Crippen LogP contribution in [-0.4, -0.2) is 11.9 Å². The van der Waals surface area contributed by atoms with E-state index in [1.54, 1.807) is 6.42 Å². The summed E-state index contributed by atoms with van der Waals surface area (Å²) in [7, 11) is 0. The summed E-state index contributed by atoms with van der Waals surface area (Å²) < 4.78 is 0. The van der Waals surface area contributed by atoms with E-state index in [0.717, 1.165) is 6.42 Å². The number of rotatable bonds is 3. The minimum atomic E-state index is 0.0347. The van der Waals surface area contributed by atoms with Gasteiger partial charge in [0.25, 0.3) is 0 Å². The number of nitrogens with one attached hydrogen (secondary N) is 1. The van der Waals surface area contributed by atoms with E-state index in [1.165, 1.54) is 0 Å². The van der Waals surface area contributed by atoms with Crippen LogP contribution in [0, 0.1) is 6.42 Å². The van der Waals surface area contributed by atoms with Crippen molar-refractivity contribution in [1.82, 2.24) is 5.32 Å². The van der Waals surface area contributed by atoms with Gasteiger partial charge in [-0.1, -0.05) is 6.92 Å². The van der Waals surface area contributed by atoms with Gasteiger partial charge in [0.1, 0.15) is 0 Å². The fraction of sp³-hybridized carbons (Fsp3) is 0.714. The van der Waals surface area contributed by atoms with Crippen molar-refractivity contribution < 1.29 is 4.79 Å². The molecule has 0 heterocycles. The van der Waals surface area contributed by atoms with E-state index in [-0.39, 0.29) is 11.9 Å². The van der Waals surface area contributed by atoms with Crippen LogP contribution in [0.1, 0.15) is 27.2 Å². The molecule has 0 fully saturated rings. The average Bonchev–Trinajstić information content (AvgIpc) is 1.63. The maximum Gasteiger partial charge on any atom is 0.224 e. The molecule has 0 atom stereocenters. The molecule has 0 bridgehead atoms. The molecule has 0 aliphatic carbocycles. The Balaban J connectivity index is 3.27. The lowest BCUT2D eigenvalue weighted by Crippen LogP contribution is -2.29. The molecule has 9 heavy (non-hydrogen) atoms. The van der Waals surface area contributed by atoms with E-state index in [0.29, 0.717) is 0 Å². The van der Waals surface area contributed by atoms with Gasteiger partial charge in [0.05, 0.1) is 0 Å². The maximum atomic E-state index is 10.7. The molecule has 0 aliphatic heterocycles. The Hall–Kier alpha value is -0.530. The fourth-order valence-corrected chi connectivity index (χ4v) is 0.529. The van der Waals surface area contributed by atoms with Crippen molar-refractivity contribution in [1.29, 1.82) is 0 Å². The van der Waals surface area contributed by atoms with Crippen LogP contribution in [0.2, 0.25) is 0 Å². The molecule has 53 valence electrons. The largest absolute Gasteiger partial charge is 0.354 e. The first-order chi connectivity index (χ1) is 4.16. The second kappa shape index (κ2) is 4.36. The van der Waals surface area contributed by atoms with Crippen LogP contribution in [-0.2, 0) is 4.79 Å². The standard InChI is InChI=1S/C7H14NO/c1-4-5-7(9)8-6(2)3/h5-6H,4H2,1-3H3,(H,8,9). The van der Waals surface area contributed by atoms with Crippen LogP contribution in [0.4, 0.5) is 0 Å². The molecule has 1 amide bonds. The first-order valence-electron chi connectivity index (χ1n) is 3.30. The molecule has 0 unspecified atom stereocenters.